The van der Waals surface area contributed by atoms with Crippen LogP contribution in [0.15, 0.2) is 24.3 Å². The van der Waals surface area contributed by atoms with E-state index in [1.54, 1.807) is 0 Å². The van der Waals surface area contributed by atoms with Crippen LogP contribution in [-0.2, 0) is 9.47 Å². The zero-order valence-electron chi connectivity index (χ0n) is 28.7. The van der Waals surface area contributed by atoms with Crippen molar-refractivity contribution < 1.29 is 32.8 Å². The Bertz CT molecular complexity index is 2070. The number of anilines is 1. The van der Waals surface area contributed by atoms with Crippen molar-refractivity contribution in [1.82, 2.24) is 19.9 Å². The normalized spacial score (nSPS) is 27.4. The smallest absolute Gasteiger partial charge is 0.319 e. The molecule has 9 rings (SSSR count). The molecule has 266 valence electrons. The van der Waals surface area contributed by atoms with Crippen LogP contribution >= 0.6 is 0 Å². The second-order valence-electron chi connectivity index (χ2n) is 14.9. The Balaban J connectivity index is 1.16. The van der Waals surface area contributed by atoms with Gasteiger partial charge in [0.25, 0.3) is 0 Å². The second-order valence-corrected chi connectivity index (χ2v) is 14.9. The van der Waals surface area contributed by atoms with E-state index < -0.39 is 11.6 Å². The van der Waals surface area contributed by atoms with E-state index >= 15 is 8.78 Å². The number of terminal acetylenes is 1. The Labute approximate surface area is 295 Å². The number of methoxy groups -OCH3 is 1. The summed E-state index contributed by atoms with van der Waals surface area (Å²) in [6.07, 6.45) is 13.2. The van der Waals surface area contributed by atoms with E-state index in [9.17, 15) is 5.11 Å². The van der Waals surface area contributed by atoms with E-state index in [0.717, 1.165) is 71.2 Å². The molecular formula is C39H41F2N5O5. The molecule has 1 N–H and O–H groups in total. The van der Waals surface area contributed by atoms with Crippen molar-refractivity contribution in [3.05, 3.63) is 41.5 Å². The number of phenols is 1. The van der Waals surface area contributed by atoms with Gasteiger partial charge in [-0.2, -0.15) is 9.97 Å². The van der Waals surface area contributed by atoms with Gasteiger partial charge in [-0.15, -0.1) is 6.42 Å². The zero-order valence-corrected chi connectivity index (χ0v) is 28.7. The van der Waals surface area contributed by atoms with Gasteiger partial charge in [-0.05, 0) is 74.6 Å². The van der Waals surface area contributed by atoms with Crippen LogP contribution in [0.3, 0.4) is 0 Å². The minimum atomic E-state index is -0.779. The minimum absolute atomic E-state index is 0.0392. The first-order valence-corrected chi connectivity index (χ1v) is 18.1. The lowest BCUT2D eigenvalue weighted by Gasteiger charge is -2.47. The van der Waals surface area contributed by atoms with Gasteiger partial charge in [0.15, 0.2) is 5.82 Å². The molecule has 5 fully saturated rings. The van der Waals surface area contributed by atoms with E-state index in [-0.39, 0.29) is 62.9 Å². The summed E-state index contributed by atoms with van der Waals surface area (Å²) in [5, 5.41) is 11.7. The molecule has 5 atom stereocenters. The predicted octanol–water partition coefficient (Wildman–Crippen LogP) is 5.85. The second kappa shape index (κ2) is 12.7. The number of hydrogen-bond donors (Lipinski definition) is 1. The van der Waals surface area contributed by atoms with Crippen molar-refractivity contribution >= 4 is 27.5 Å². The number of rotatable bonds is 8. The van der Waals surface area contributed by atoms with Gasteiger partial charge in [-0.3, -0.25) is 4.90 Å². The SMILES string of the molecule is C#Cc1c(F)ccc2cc(O)cc(-c3nc(OC)c4c(N5C[C@H]6C[C@@H]5CO6)nc(OC[C@]56CCC[C@H]5N(CC5CCOC5)CCC6)nc4c3F)c12. The van der Waals surface area contributed by atoms with Gasteiger partial charge in [-0.25, -0.2) is 13.8 Å². The molecule has 51 heavy (non-hydrogen) atoms. The number of likely N-dealkylation sites (tertiary alicyclic amines) is 1. The maximum Gasteiger partial charge on any atom is 0.319 e. The Morgan fingerprint density at radius 3 is 2.75 bits per heavy atom. The number of benzene rings is 2. The highest BCUT2D eigenvalue weighted by atomic mass is 19.1. The average Bonchev–Trinajstić information content (AvgIpc) is 3.97. The van der Waals surface area contributed by atoms with Crippen LogP contribution < -0.4 is 14.4 Å². The van der Waals surface area contributed by atoms with Gasteiger partial charge < -0.3 is 29.0 Å². The monoisotopic (exact) mass is 697 g/mol. The summed E-state index contributed by atoms with van der Waals surface area (Å²) in [5.41, 5.74) is -0.211. The molecule has 10 nitrogen and oxygen atoms in total. The Morgan fingerprint density at radius 2 is 1.98 bits per heavy atom. The number of aromatic nitrogens is 3. The number of aromatic hydroxyl groups is 1. The summed E-state index contributed by atoms with van der Waals surface area (Å²) < 4.78 is 56.2. The lowest BCUT2D eigenvalue weighted by molar-refractivity contribution is -0.00805. The van der Waals surface area contributed by atoms with Gasteiger partial charge in [0.1, 0.15) is 34.0 Å². The van der Waals surface area contributed by atoms with Gasteiger partial charge in [0.2, 0.25) is 5.88 Å². The average molecular weight is 698 g/mol. The summed E-state index contributed by atoms with van der Waals surface area (Å²) >= 11 is 0. The Morgan fingerprint density at radius 1 is 1.10 bits per heavy atom. The van der Waals surface area contributed by atoms with Gasteiger partial charge in [0.05, 0.1) is 44.6 Å². The summed E-state index contributed by atoms with van der Waals surface area (Å²) in [6.45, 7) is 5.32. The Hall–Kier alpha value is -4.31. The fourth-order valence-corrected chi connectivity index (χ4v) is 9.61. The maximum absolute atomic E-state index is 17.2. The lowest BCUT2D eigenvalue weighted by atomic mass is 9.75. The number of ether oxygens (including phenoxy) is 4. The van der Waals surface area contributed by atoms with Crippen LogP contribution in [0, 0.1) is 35.3 Å². The highest BCUT2D eigenvalue weighted by Gasteiger charge is 2.49. The number of piperidine rings is 1. The van der Waals surface area contributed by atoms with Crippen LogP contribution in [0.2, 0.25) is 0 Å². The molecule has 1 unspecified atom stereocenters. The Kier molecular flexibility index (Phi) is 8.13. The van der Waals surface area contributed by atoms with E-state index in [1.165, 1.54) is 31.4 Å². The molecule has 5 aliphatic rings. The van der Waals surface area contributed by atoms with Crippen LogP contribution in [0.25, 0.3) is 32.9 Å². The van der Waals surface area contributed by atoms with Crippen LogP contribution in [0.4, 0.5) is 14.6 Å². The molecule has 2 aromatic heterocycles. The zero-order chi connectivity index (χ0) is 34.9. The first-order valence-electron chi connectivity index (χ1n) is 18.1. The van der Waals surface area contributed by atoms with E-state index in [2.05, 4.69) is 20.7 Å². The van der Waals surface area contributed by atoms with Crippen LogP contribution in [-0.4, -0.2) is 96.3 Å². The molecule has 0 amide bonds. The third-order valence-corrected chi connectivity index (χ3v) is 12.0. The number of fused-ring (bicyclic) bond motifs is 5. The number of pyridine rings is 1. The molecule has 4 saturated heterocycles. The number of phenolic OH excluding ortho intramolecular Hbond substituents is 1. The third kappa shape index (κ3) is 5.43. The molecule has 1 aliphatic carbocycles. The first-order chi connectivity index (χ1) is 24.9. The fourth-order valence-electron chi connectivity index (χ4n) is 9.61. The summed E-state index contributed by atoms with van der Waals surface area (Å²) in [4.78, 5) is 19.1. The van der Waals surface area contributed by atoms with E-state index in [0.29, 0.717) is 48.3 Å². The number of nitrogens with zero attached hydrogens (tertiary/aromatic N) is 5. The number of morpholine rings is 1. The van der Waals surface area contributed by atoms with Crippen LogP contribution in [0.1, 0.15) is 50.5 Å². The standard InChI is InChI=1S/C39H41F2N5O5/c1-3-27-29(40)8-7-23-14-25(47)16-28(31(23)27)34-33(41)35-32(37(42-34)48-2)36(46-18-26-15-24(46)20-50-26)44-38(43-35)51-21-39-10-4-6-30(39)45(12-5-11-39)17-22-9-13-49-19-22/h1,7-8,14,16,22,24,26,30,47H,4-6,9-13,15,17-21H2,2H3/t22?,24-,26-,30-,39-/m1/s1. The highest BCUT2D eigenvalue weighted by Crippen LogP contribution is 2.49. The van der Waals surface area contributed by atoms with Crippen molar-refractivity contribution in [2.45, 2.75) is 63.1 Å². The fraction of sp³-hybridized carbons (Fsp3) is 0.513. The summed E-state index contributed by atoms with van der Waals surface area (Å²) in [5.74, 6) is 1.96. The molecule has 2 bridgehead atoms. The molecular weight excluding hydrogens is 656 g/mol. The first kappa shape index (κ1) is 32.6. The van der Waals surface area contributed by atoms with Crippen molar-refractivity contribution in [3.63, 3.8) is 0 Å². The van der Waals surface area contributed by atoms with Gasteiger partial charge in [0, 0.05) is 42.1 Å². The van der Waals surface area contributed by atoms with Crippen molar-refractivity contribution in [1.29, 1.82) is 0 Å². The van der Waals surface area contributed by atoms with Gasteiger partial charge >= 0.3 is 6.01 Å². The highest BCUT2D eigenvalue weighted by molar-refractivity contribution is 6.04. The molecule has 2 aromatic carbocycles. The minimum Gasteiger partial charge on any atom is -0.508 e. The summed E-state index contributed by atoms with van der Waals surface area (Å²) in [6, 6.07) is 6.04. The topological polar surface area (TPSA) is 102 Å². The van der Waals surface area contributed by atoms with Gasteiger partial charge in [-0.1, -0.05) is 18.4 Å². The van der Waals surface area contributed by atoms with Crippen molar-refractivity contribution in [2.75, 3.05) is 58.1 Å². The van der Waals surface area contributed by atoms with Crippen molar-refractivity contribution in [2.24, 2.45) is 11.3 Å². The molecule has 1 saturated carbocycles. The quantitative estimate of drug-likeness (QED) is 0.226. The molecule has 4 aliphatic heterocycles. The maximum atomic E-state index is 17.2. The molecule has 12 heteroatoms. The third-order valence-electron chi connectivity index (χ3n) is 12.0. The van der Waals surface area contributed by atoms with Crippen LogP contribution in [0.5, 0.6) is 17.6 Å². The molecule has 0 spiro atoms. The summed E-state index contributed by atoms with van der Waals surface area (Å²) in [7, 11) is 1.45. The van der Waals surface area contributed by atoms with E-state index in [1.807, 2.05) is 0 Å². The lowest BCUT2D eigenvalue weighted by Crippen LogP contribution is -2.53. The molecule has 0 radical (unpaired) electrons. The van der Waals surface area contributed by atoms with Crippen molar-refractivity contribution in [3.8, 4) is 41.2 Å². The van der Waals surface area contributed by atoms with E-state index in [4.69, 9.17) is 35.3 Å². The predicted molar refractivity (Wildman–Crippen MR) is 187 cm³/mol. The largest absolute Gasteiger partial charge is 0.508 e. The number of hydrogen-bond acceptors (Lipinski definition) is 10. The number of halogens is 2. The molecule has 6 heterocycles. The molecule has 4 aromatic rings.